The van der Waals surface area contributed by atoms with E-state index in [2.05, 4.69) is 21.7 Å². The van der Waals surface area contributed by atoms with Crippen molar-refractivity contribution in [2.75, 3.05) is 50.8 Å². The van der Waals surface area contributed by atoms with Gasteiger partial charge in [0.2, 0.25) is 0 Å². The lowest BCUT2D eigenvalue weighted by molar-refractivity contribution is 0.0202. The Balaban J connectivity index is 1.76. The highest BCUT2D eigenvalue weighted by Gasteiger charge is 2.24. The van der Waals surface area contributed by atoms with Crippen LogP contribution in [0.25, 0.3) is 0 Å². The third-order valence-corrected chi connectivity index (χ3v) is 5.50. The van der Waals surface area contributed by atoms with Crippen molar-refractivity contribution < 1.29 is 14.2 Å². The number of hydrogen-bond acceptors (Lipinski definition) is 6. The van der Waals surface area contributed by atoms with E-state index in [1.807, 2.05) is 26.0 Å². The molecule has 1 fully saturated rings. The SMILES string of the molecule is CCOCC(O)CN1CCN(c2nc(C)nc(CC)c2Cc2ccccc2F)CC1. The maximum absolute atomic E-state index is 14.3. The average Bonchev–Trinajstić information content (AvgIpc) is 2.75. The van der Waals surface area contributed by atoms with Crippen molar-refractivity contribution in [2.24, 2.45) is 0 Å². The zero-order valence-electron chi connectivity index (χ0n) is 18.3. The van der Waals surface area contributed by atoms with E-state index < -0.39 is 6.10 Å². The fourth-order valence-electron chi connectivity index (χ4n) is 3.95. The normalized spacial score (nSPS) is 16.1. The number of ether oxygens (including phenoxy) is 1. The summed E-state index contributed by atoms with van der Waals surface area (Å²) in [4.78, 5) is 13.9. The molecular formula is C23H33FN4O2. The molecule has 0 radical (unpaired) electrons. The molecule has 164 valence electrons. The van der Waals surface area contributed by atoms with Gasteiger partial charge in [0.25, 0.3) is 0 Å². The van der Waals surface area contributed by atoms with Crippen LogP contribution < -0.4 is 4.90 Å². The number of aliphatic hydroxyl groups is 1. The van der Waals surface area contributed by atoms with Crippen LogP contribution in [0.3, 0.4) is 0 Å². The van der Waals surface area contributed by atoms with Gasteiger partial charge in [0.1, 0.15) is 17.5 Å². The van der Waals surface area contributed by atoms with E-state index in [4.69, 9.17) is 9.72 Å². The second kappa shape index (κ2) is 10.8. The summed E-state index contributed by atoms with van der Waals surface area (Å²) in [7, 11) is 0. The van der Waals surface area contributed by atoms with E-state index in [0.29, 0.717) is 31.7 Å². The second-order valence-electron chi connectivity index (χ2n) is 7.74. The number of aromatic nitrogens is 2. The first-order valence-corrected chi connectivity index (χ1v) is 10.8. The minimum Gasteiger partial charge on any atom is -0.389 e. The molecule has 1 aliphatic heterocycles. The van der Waals surface area contributed by atoms with Crippen LogP contribution in [0.5, 0.6) is 0 Å². The lowest BCUT2D eigenvalue weighted by Gasteiger charge is -2.37. The molecule has 30 heavy (non-hydrogen) atoms. The monoisotopic (exact) mass is 416 g/mol. The third-order valence-electron chi connectivity index (χ3n) is 5.50. The molecule has 1 aliphatic rings. The molecule has 1 aromatic carbocycles. The molecule has 1 saturated heterocycles. The number of aryl methyl sites for hydroxylation is 2. The molecule has 1 atom stereocenters. The van der Waals surface area contributed by atoms with Crippen molar-refractivity contribution in [1.82, 2.24) is 14.9 Å². The van der Waals surface area contributed by atoms with Gasteiger partial charge in [-0.1, -0.05) is 25.1 Å². The lowest BCUT2D eigenvalue weighted by Crippen LogP contribution is -2.49. The van der Waals surface area contributed by atoms with Gasteiger partial charge in [0.05, 0.1) is 12.7 Å². The first kappa shape index (κ1) is 22.6. The standard InChI is InChI=1S/C23H33FN4O2/c1-4-22-20(14-18-8-6-7-9-21(18)24)23(26-17(3)25-22)28-12-10-27(11-13-28)15-19(29)16-30-5-2/h6-9,19,29H,4-5,10-16H2,1-3H3. The predicted molar refractivity (Wildman–Crippen MR) is 117 cm³/mol. The van der Waals surface area contributed by atoms with Crippen molar-refractivity contribution in [3.8, 4) is 0 Å². The van der Waals surface area contributed by atoms with Gasteiger partial charge in [-0.25, -0.2) is 14.4 Å². The van der Waals surface area contributed by atoms with Crippen molar-refractivity contribution in [3.63, 3.8) is 0 Å². The minimum absolute atomic E-state index is 0.195. The van der Waals surface area contributed by atoms with Crippen molar-refractivity contribution >= 4 is 5.82 Å². The minimum atomic E-state index is -0.471. The summed E-state index contributed by atoms with van der Waals surface area (Å²) in [5, 5.41) is 10.1. The van der Waals surface area contributed by atoms with E-state index in [1.165, 1.54) is 6.07 Å². The maximum Gasteiger partial charge on any atom is 0.136 e. The van der Waals surface area contributed by atoms with Crippen LogP contribution in [-0.4, -0.2) is 72.0 Å². The molecular weight excluding hydrogens is 383 g/mol. The Morgan fingerprint density at radius 1 is 1.13 bits per heavy atom. The number of aliphatic hydroxyl groups excluding tert-OH is 1. The highest BCUT2D eigenvalue weighted by atomic mass is 19.1. The molecule has 3 rings (SSSR count). The lowest BCUT2D eigenvalue weighted by atomic mass is 10.0. The van der Waals surface area contributed by atoms with E-state index in [9.17, 15) is 9.50 Å². The van der Waals surface area contributed by atoms with E-state index >= 15 is 0 Å². The molecule has 0 aliphatic carbocycles. The summed E-state index contributed by atoms with van der Waals surface area (Å²) in [5.41, 5.74) is 2.66. The number of anilines is 1. The van der Waals surface area contributed by atoms with Gasteiger partial charge in [0, 0.05) is 57.0 Å². The summed E-state index contributed by atoms with van der Waals surface area (Å²) in [6.45, 7) is 10.8. The Bertz CT molecular complexity index is 825. The fraction of sp³-hybridized carbons (Fsp3) is 0.565. The zero-order valence-corrected chi connectivity index (χ0v) is 18.3. The highest BCUT2D eigenvalue weighted by molar-refractivity contribution is 5.52. The quantitative estimate of drug-likeness (QED) is 0.678. The van der Waals surface area contributed by atoms with Crippen molar-refractivity contribution in [3.05, 3.63) is 52.7 Å². The fourth-order valence-corrected chi connectivity index (χ4v) is 3.95. The van der Waals surface area contributed by atoms with Crippen LogP contribution in [-0.2, 0) is 17.6 Å². The summed E-state index contributed by atoms with van der Waals surface area (Å²) in [6, 6.07) is 6.91. The number of benzene rings is 1. The first-order chi connectivity index (χ1) is 14.5. The van der Waals surface area contributed by atoms with Gasteiger partial charge in [-0.05, 0) is 31.9 Å². The van der Waals surface area contributed by atoms with Crippen molar-refractivity contribution in [1.29, 1.82) is 0 Å². The van der Waals surface area contributed by atoms with Crippen molar-refractivity contribution in [2.45, 2.75) is 39.7 Å². The van der Waals surface area contributed by atoms with E-state index in [1.54, 1.807) is 6.07 Å². The summed E-state index contributed by atoms with van der Waals surface area (Å²) >= 11 is 0. The molecule has 2 aromatic rings. The molecule has 7 heteroatoms. The molecule has 1 N–H and O–H groups in total. The molecule has 0 amide bonds. The molecule has 6 nitrogen and oxygen atoms in total. The van der Waals surface area contributed by atoms with Gasteiger partial charge in [-0.15, -0.1) is 0 Å². The smallest absolute Gasteiger partial charge is 0.136 e. The largest absolute Gasteiger partial charge is 0.389 e. The molecule has 0 saturated carbocycles. The van der Waals surface area contributed by atoms with Crippen LogP contribution in [0.1, 0.15) is 36.5 Å². The van der Waals surface area contributed by atoms with Crippen LogP contribution in [0.15, 0.2) is 24.3 Å². The summed E-state index contributed by atoms with van der Waals surface area (Å²) in [5.74, 6) is 1.46. The van der Waals surface area contributed by atoms with Crippen LogP contribution >= 0.6 is 0 Å². The molecule has 1 aromatic heterocycles. The summed E-state index contributed by atoms with van der Waals surface area (Å²) in [6.07, 6.45) is 0.795. The van der Waals surface area contributed by atoms with Gasteiger partial charge in [-0.2, -0.15) is 0 Å². The number of piperazine rings is 1. The number of halogens is 1. The molecule has 0 bridgehead atoms. The number of β-amino-alcohol motifs (C(OH)–C–C–N with tert-alkyl or cyclic N) is 1. The molecule has 1 unspecified atom stereocenters. The van der Waals surface area contributed by atoms with Gasteiger partial charge < -0.3 is 14.7 Å². The van der Waals surface area contributed by atoms with Gasteiger partial charge in [-0.3, -0.25) is 4.90 Å². The van der Waals surface area contributed by atoms with Crippen LogP contribution in [0.2, 0.25) is 0 Å². The maximum atomic E-state index is 14.3. The third kappa shape index (κ3) is 5.74. The molecule has 0 spiro atoms. The Kier molecular flexibility index (Phi) is 8.13. The first-order valence-electron chi connectivity index (χ1n) is 10.8. The van der Waals surface area contributed by atoms with E-state index in [-0.39, 0.29) is 5.82 Å². The zero-order chi connectivity index (χ0) is 21.5. The molecule has 2 heterocycles. The highest BCUT2D eigenvalue weighted by Crippen LogP contribution is 2.26. The average molecular weight is 417 g/mol. The Morgan fingerprint density at radius 2 is 1.87 bits per heavy atom. The Morgan fingerprint density at radius 3 is 2.53 bits per heavy atom. The number of nitrogens with zero attached hydrogens (tertiary/aromatic N) is 4. The Hall–Kier alpha value is -2.09. The topological polar surface area (TPSA) is 61.7 Å². The van der Waals surface area contributed by atoms with Crippen LogP contribution in [0, 0.1) is 12.7 Å². The summed E-state index contributed by atoms with van der Waals surface area (Å²) < 4.78 is 19.6. The van der Waals surface area contributed by atoms with Crippen LogP contribution in [0.4, 0.5) is 10.2 Å². The van der Waals surface area contributed by atoms with E-state index in [0.717, 1.165) is 55.5 Å². The van der Waals surface area contributed by atoms with Gasteiger partial charge >= 0.3 is 0 Å². The number of hydrogen-bond donors (Lipinski definition) is 1. The second-order valence-corrected chi connectivity index (χ2v) is 7.74. The Labute approximate surface area is 178 Å². The predicted octanol–water partition coefficient (Wildman–Crippen LogP) is 2.60. The van der Waals surface area contributed by atoms with Gasteiger partial charge in [0.15, 0.2) is 0 Å². The number of rotatable bonds is 9.